The van der Waals surface area contributed by atoms with E-state index in [1.807, 2.05) is 58.0 Å². The monoisotopic (exact) mass is 245 g/mol. The van der Waals surface area contributed by atoms with Gasteiger partial charge in [0, 0.05) is 11.1 Å². The Bertz CT molecular complexity index is 562. The second-order valence-corrected chi connectivity index (χ2v) is 5.57. The first-order valence-electron chi connectivity index (χ1n) is 6.03. The summed E-state index contributed by atoms with van der Waals surface area (Å²) in [4.78, 5) is 0. The molecule has 0 saturated heterocycles. The number of para-hydroxylation sites is 1. The van der Waals surface area contributed by atoms with Crippen molar-refractivity contribution in [2.45, 2.75) is 33.1 Å². The van der Waals surface area contributed by atoms with E-state index < -0.39 is 0 Å². The number of rotatable bonds is 1. The third-order valence-corrected chi connectivity index (χ3v) is 3.12. The van der Waals surface area contributed by atoms with Crippen LogP contribution in [0.1, 0.15) is 31.9 Å². The molecule has 0 fully saturated rings. The SMILES string of the molecule is Cc1c(C(C)(C)C)c(O)n(-c2ccccc2)c1O. The molecule has 1 heterocycles. The van der Waals surface area contributed by atoms with Gasteiger partial charge in [0.05, 0.1) is 5.69 Å². The molecule has 2 rings (SSSR count). The van der Waals surface area contributed by atoms with Gasteiger partial charge in [-0.25, -0.2) is 0 Å². The first kappa shape index (κ1) is 12.6. The predicted molar refractivity (Wildman–Crippen MR) is 72.5 cm³/mol. The van der Waals surface area contributed by atoms with Crippen molar-refractivity contribution in [3.63, 3.8) is 0 Å². The van der Waals surface area contributed by atoms with Gasteiger partial charge in [-0.2, -0.15) is 0 Å². The van der Waals surface area contributed by atoms with Gasteiger partial charge in [0.1, 0.15) is 0 Å². The molecule has 1 aromatic heterocycles. The van der Waals surface area contributed by atoms with Gasteiger partial charge in [-0.3, -0.25) is 4.57 Å². The molecule has 3 heteroatoms. The second kappa shape index (κ2) is 4.09. The summed E-state index contributed by atoms with van der Waals surface area (Å²) < 4.78 is 1.48. The molecule has 0 amide bonds. The van der Waals surface area contributed by atoms with E-state index in [2.05, 4.69) is 0 Å². The second-order valence-electron chi connectivity index (χ2n) is 5.57. The smallest absolute Gasteiger partial charge is 0.202 e. The molecule has 18 heavy (non-hydrogen) atoms. The van der Waals surface area contributed by atoms with Crippen molar-refractivity contribution in [1.82, 2.24) is 4.57 Å². The van der Waals surface area contributed by atoms with E-state index in [4.69, 9.17) is 0 Å². The molecule has 0 aliphatic carbocycles. The van der Waals surface area contributed by atoms with Crippen molar-refractivity contribution < 1.29 is 10.2 Å². The lowest BCUT2D eigenvalue weighted by Crippen LogP contribution is -2.11. The zero-order valence-electron chi connectivity index (χ0n) is 11.2. The third kappa shape index (κ3) is 1.86. The van der Waals surface area contributed by atoms with E-state index in [-0.39, 0.29) is 17.2 Å². The number of aromatic hydroxyl groups is 2. The topological polar surface area (TPSA) is 45.4 Å². The van der Waals surface area contributed by atoms with E-state index in [0.29, 0.717) is 0 Å². The van der Waals surface area contributed by atoms with Gasteiger partial charge in [0.15, 0.2) is 0 Å². The van der Waals surface area contributed by atoms with Crippen LogP contribution >= 0.6 is 0 Å². The molecule has 2 N–H and O–H groups in total. The van der Waals surface area contributed by atoms with Crippen LogP contribution in [0.5, 0.6) is 11.8 Å². The molecule has 1 aromatic carbocycles. The fourth-order valence-electron chi connectivity index (χ4n) is 2.38. The van der Waals surface area contributed by atoms with E-state index >= 15 is 0 Å². The largest absolute Gasteiger partial charge is 0.494 e. The number of hydrogen-bond donors (Lipinski definition) is 2. The highest BCUT2D eigenvalue weighted by Crippen LogP contribution is 2.42. The summed E-state index contributed by atoms with van der Waals surface area (Å²) in [6.07, 6.45) is 0. The minimum atomic E-state index is -0.217. The first-order chi connectivity index (χ1) is 8.34. The molecule has 96 valence electrons. The fraction of sp³-hybridized carbons (Fsp3) is 0.333. The van der Waals surface area contributed by atoms with Crippen LogP contribution < -0.4 is 0 Å². The van der Waals surface area contributed by atoms with Gasteiger partial charge in [-0.1, -0.05) is 39.0 Å². The Balaban J connectivity index is 2.72. The molecule has 0 radical (unpaired) electrons. The van der Waals surface area contributed by atoms with Crippen LogP contribution in [0, 0.1) is 6.92 Å². The maximum absolute atomic E-state index is 10.4. The van der Waals surface area contributed by atoms with E-state index in [1.165, 1.54) is 4.57 Å². The molecule has 0 saturated carbocycles. The van der Waals surface area contributed by atoms with Gasteiger partial charge in [-0.15, -0.1) is 0 Å². The van der Waals surface area contributed by atoms with Gasteiger partial charge in [0.2, 0.25) is 11.8 Å². The van der Waals surface area contributed by atoms with Crippen molar-refractivity contribution in [2.24, 2.45) is 0 Å². The first-order valence-corrected chi connectivity index (χ1v) is 6.03. The number of nitrogens with zero attached hydrogens (tertiary/aromatic N) is 1. The maximum Gasteiger partial charge on any atom is 0.202 e. The van der Waals surface area contributed by atoms with E-state index in [9.17, 15) is 10.2 Å². The highest BCUT2D eigenvalue weighted by molar-refractivity contribution is 5.54. The normalized spacial score (nSPS) is 11.8. The molecule has 0 spiro atoms. The van der Waals surface area contributed by atoms with Crippen LogP contribution in [0.2, 0.25) is 0 Å². The van der Waals surface area contributed by atoms with Crippen LogP contribution in [0.15, 0.2) is 30.3 Å². The number of benzene rings is 1. The van der Waals surface area contributed by atoms with Crippen molar-refractivity contribution in [1.29, 1.82) is 0 Å². The Hall–Kier alpha value is -1.90. The van der Waals surface area contributed by atoms with Crippen LogP contribution in [0.3, 0.4) is 0 Å². The zero-order chi connectivity index (χ0) is 13.5. The molecule has 0 bridgehead atoms. The molecular weight excluding hydrogens is 226 g/mol. The molecule has 0 aliphatic heterocycles. The minimum Gasteiger partial charge on any atom is -0.494 e. The van der Waals surface area contributed by atoms with Crippen LogP contribution in [-0.2, 0) is 5.41 Å². The standard InChI is InChI=1S/C15H19NO2/c1-10-12(15(2,3)4)14(18)16(13(10)17)11-8-6-5-7-9-11/h5-9,17-18H,1-4H3. The fourth-order valence-corrected chi connectivity index (χ4v) is 2.38. The lowest BCUT2D eigenvalue weighted by atomic mass is 9.86. The van der Waals surface area contributed by atoms with Crippen molar-refractivity contribution in [2.75, 3.05) is 0 Å². The summed E-state index contributed by atoms with van der Waals surface area (Å²) in [7, 11) is 0. The summed E-state index contributed by atoms with van der Waals surface area (Å²) >= 11 is 0. The van der Waals surface area contributed by atoms with Gasteiger partial charge in [0.25, 0.3) is 0 Å². The zero-order valence-corrected chi connectivity index (χ0v) is 11.2. The van der Waals surface area contributed by atoms with Crippen LogP contribution in [0.4, 0.5) is 0 Å². The van der Waals surface area contributed by atoms with Gasteiger partial charge in [-0.05, 0) is 24.5 Å². The number of hydrogen-bond acceptors (Lipinski definition) is 2. The predicted octanol–water partition coefficient (Wildman–Crippen LogP) is 3.49. The minimum absolute atomic E-state index is 0.101. The summed E-state index contributed by atoms with van der Waals surface area (Å²) in [6.45, 7) is 7.88. The Kier molecular flexibility index (Phi) is 2.85. The van der Waals surface area contributed by atoms with Crippen molar-refractivity contribution >= 4 is 0 Å². The van der Waals surface area contributed by atoms with E-state index in [1.54, 1.807) is 0 Å². The Morgan fingerprint density at radius 3 is 1.94 bits per heavy atom. The maximum atomic E-state index is 10.4. The highest BCUT2D eigenvalue weighted by Gasteiger charge is 2.28. The summed E-state index contributed by atoms with van der Waals surface area (Å²) in [5, 5.41) is 20.6. The lowest BCUT2D eigenvalue weighted by molar-refractivity contribution is 0.394. The third-order valence-electron chi connectivity index (χ3n) is 3.12. The molecule has 3 nitrogen and oxygen atoms in total. The lowest BCUT2D eigenvalue weighted by Gasteiger charge is -2.18. The molecular formula is C15H19NO2. The molecule has 0 unspecified atom stereocenters. The van der Waals surface area contributed by atoms with Crippen LogP contribution in [0.25, 0.3) is 5.69 Å². The molecule has 0 aliphatic rings. The van der Waals surface area contributed by atoms with Crippen molar-refractivity contribution in [3.8, 4) is 17.4 Å². The summed E-state index contributed by atoms with van der Waals surface area (Å²) in [5.74, 6) is 0.215. The average molecular weight is 245 g/mol. The summed E-state index contributed by atoms with van der Waals surface area (Å²) in [6, 6.07) is 9.36. The quantitative estimate of drug-likeness (QED) is 0.807. The van der Waals surface area contributed by atoms with Gasteiger partial charge >= 0.3 is 0 Å². The average Bonchev–Trinajstić information content (AvgIpc) is 2.50. The van der Waals surface area contributed by atoms with Crippen LogP contribution in [-0.4, -0.2) is 14.8 Å². The number of aromatic nitrogens is 1. The highest BCUT2D eigenvalue weighted by atomic mass is 16.3. The molecule has 2 aromatic rings. The van der Waals surface area contributed by atoms with E-state index in [0.717, 1.165) is 16.8 Å². The Labute approximate surface area is 107 Å². The van der Waals surface area contributed by atoms with Gasteiger partial charge < -0.3 is 10.2 Å². The molecule has 0 atom stereocenters. The summed E-state index contributed by atoms with van der Waals surface area (Å²) in [5.41, 5.74) is 2.05. The van der Waals surface area contributed by atoms with Crippen molar-refractivity contribution in [3.05, 3.63) is 41.5 Å². The Morgan fingerprint density at radius 2 is 1.50 bits per heavy atom. The Morgan fingerprint density at radius 1 is 0.944 bits per heavy atom.